The normalized spacial score (nSPS) is 11.8. The van der Waals surface area contributed by atoms with Gasteiger partial charge < -0.3 is 15.7 Å². The fourth-order valence-electron chi connectivity index (χ4n) is 1.87. The predicted octanol–water partition coefficient (Wildman–Crippen LogP) is 1.34. The zero-order valence-corrected chi connectivity index (χ0v) is 13.1. The van der Waals surface area contributed by atoms with Crippen molar-refractivity contribution in [3.63, 3.8) is 0 Å². The molecule has 3 N–H and O–H groups in total. The topological polar surface area (TPSA) is 95.5 Å². The summed E-state index contributed by atoms with van der Waals surface area (Å²) in [6.45, 7) is 5.60. The minimum absolute atomic E-state index is 0.0395. The van der Waals surface area contributed by atoms with Gasteiger partial charge in [0.1, 0.15) is 6.04 Å². The Hall–Kier alpha value is -2.37. The van der Waals surface area contributed by atoms with Gasteiger partial charge in [-0.3, -0.25) is 14.4 Å². The number of amides is 2. The summed E-state index contributed by atoms with van der Waals surface area (Å²) < 4.78 is 0. The number of carboxylic acids is 1. The van der Waals surface area contributed by atoms with Crippen LogP contribution in [0.4, 0.5) is 0 Å². The summed E-state index contributed by atoms with van der Waals surface area (Å²) in [5.41, 5.74) is 1.53. The van der Waals surface area contributed by atoms with E-state index in [4.69, 9.17) is 5.11 Å². The van der Waals surface area contributed by atoms with Gasteiger partial charge in [-0.15, -0.1) is 0 Å². The minimum Gasteiger partial charge on any atom is -0.481 e. The molecule has 22 heavy (non-hydrogen) atoms. The number of hydrogen-bond donors (Lipinski definition) is 3. The minimum atomic E-state index is -0.981. The Balaban J connectivity index is 2.67. The number of aliphatic carboxylic acids is 1. The van der Waals surface area contributed by atoms with E-state index >= 15 is 0 Å². The van der Waals surface area contributed by atoms with Crippen LogP contribution < -0.4 is 10.6 Å². The van der Waals surface area contributed by atoms with E-state index in [2.05, 4.69) is 10.6 Å². The highest BCUT2D eigenvalue weighted by atomic mass is 16.4. The average Bonchev–Trinajstić information content (AvgIpc) is 2.44. The number of carbonyl (C=O) groups excluding carboxylic acids is 2. The van der Waals surface area contributed by atoms with Crippen LogP contribution in [-0.2, 0) is 9.59 Å². The molecule has 0 bridgehead atoms. The molecule has 0 aliphatic rings. The van der Waals surface area contributed by atoms with Gasteiger partial charge in [0.05, 0.1) is 6.42 Å². The summed E-state index contributed by atoms with van der Waals surface area (Å²) in [7, 11) is 0. The zero-order chi connectivity index (χ0) is 16.7. The van der Waals surface area contributed by atoms with E-state index in [1.807, 2.05) is 32.9 Å². The van der Waals surface area contributed by atoms with Gasteiger partial charge >= 0.3 is 5.97 Å². The van der Waals surface area contributed by atoms with Gasteiger partial charge in [-0.2, -0.15) is 0 Å². The first kappa shape index (κ1) is 17.7. The molecule has 2 amide bonds. The number of carboxylic acid groups (broad SMARTS) is 1. The molecule has 1 unspecified atom stereocenters. The zero-order valence-electron chi connectivity index (χ0n) is 13.1. The summed E-state index contributed by atoms with van der Waals surface area (Å²) >= 11 is 0. The second-order valence-electron chi connectivity index (χ2n) is 5.50. The fourth-order valence-corrected chi connectivity index (χ4v) is 1.87. The molecule has 0 aliphatic heterocycles. The number of carbonyl (C=O) groups is 3. The number of hydrogen-bond acceptors (Lipinski definition) is 3. The van der Waals surface area contributed by atoms with E-state index in [0.717, 1.165) is 5.56 Å². The SMILES string of the molecule is Cc1ccc(C(=O)NC(C(=O)NCCC(=O)O)C(C)C)cc1. The van der Waals surface area contributed by atoms with Gasteiger partial charge in [0, 0.05) is 12.1 Å². The highest BCUT2D eigenvalue weighted by molar-refractivity contribution is 5.97. The van der Waals surface area contributed by atoms with Gasteiger partial charge in [-0.25, -0.2) is 0 Å². The number of nitrogens with one attached hydrogen (secondary N) is 2. The first-order valence-electron chi connectivity index (χ1n) is 7.18. The Morgan fingerprint density at radius 1 is 1.14 bits per heavy atom. The lowest BCUT2D eigenvalue weighted by Gasteiger charge is -2.21. The number of aryl methyl sites for hydroxylation is 1. The van der Waals surface area contributed by atoms with Crippen LogP contribution in [0, 0.1) is 12.8 Å². The molecule has 6 heteroatoms. The Bertz CT molecular complexity index is 538. The molecule has 1 aromatic rings. The summed E-state index contributed by atoms with van der Waals surface area (Å²) in [5.74, 6) is -1.80. The molecule has 0 radical (unpaired) electrons. The van der Waals surface area contributed by atoms with Gasteiger partial charge in [0.2, 0.25) is 5.91 Å². The lowest BCUT2D eigenvalue weighted by molar-refractivity contribution is -0.137. The van der Waals surface area contributed by atoms with Crippen molar-refractivity contribution in [2.24, 2.45) is 5.92 Å². The molecule has 0 spiro atoms. The van der Waals surface area contributed by atoms with Crippen molar-refractivity contribution in [2.45, 2.75) is 33.2 Å². The Morgan fingerprint density at radius 3 is 2.23 bits per heavy atom. The van der Waals surface area contributed by atoms with Crippen molar-refractivity contribution in [3.05, 3.63) is 35.4 Å². The lowest BCUT2D eigenvalue weighted by Crippen LogP contribution is -2.50. The average molecular weight is 306 g/mol. The second kappa shape index (κ2) is 8.17. The third-order valence-corrected chi connectivity index (χ3v) is 3.19. The Labute approximate surface area is 129 Å². The van der Waals surface area contributed by atoms with E-state index in [-0.39, 0.29) is 30.7 Å². The van der Waals surface area contributed by atoms with Crippen LogP contribution in [0.5, 0.6) is 0 Å². The van der Waals surface area contributed by atoms with Crippen molar-refractivity contribution in [2.75, 3.05) is 6.54 Å². The molecule has 0 fully saturated rings. The van der Waals surface area contributed by atoms with Crippen LogP contribution in [0.2, 0.25) is 0 Å². The molecule has 0 aromatic heterocycles. The van der Waals surface area contributed by atoms with Crippen LogP contribution >= 0.6 is 0 Å². The molecule has 1 rings (SSSR count). The van der Waals surface area contributed by atoms with Crippen molar-refractivity contribution >= 4 is 17.8 Å². The smallest absolute Gasteiger partial charge is 0.305 e. The predicted molar refractivity (Wildman–Crippen MR) is 82.5 cm³/mol. The monoisotopic (exact) mass is 306 g/mol. The molecule has 0 saturated heterocycles. The van der Waals surface area contributed by atoms with Crippen LogP contribution in [-0.4, -0.2) is 35.5 Å². The molecule has 0 saturated carbocycles. The van der Waals surface area contributed by atoms with Gasteiger partial charge in [-0.1, -0.05) is 31.5 Å². The van der Waals surface area contributed by atoms with E-state index in [1.165, 1.54) is 0 Å². The molecule has 1 aromatic carbocycles. The highest BCUT2D eigenvalue weighted by Crippen LogP contribution is 2.07. The van der Waals surface area contributed by atoms with Crippen LogP contribution in [0.25, 0.3) is 0 Å². The summed E-state index contributed by atoms with van der Waals surface area (Å²) in [6, 6.07) is 6.34. The third kappa shape index (κ3) is 5.55. The maximum atomic E-state index is 12.2. The maximum Gasteiger partial charge on any atom is 0.305 e. The van der Waals surface area contributed by atoms with Crippen LogP contribution in [0.3, 0.4) is 0 Å². The first-order chi connectivity index (χ1) is 10.3. The Morgan fingerprint density at radius 2 is 1.73 bits per heavy atom. The molecule has 1 atom stereocenters. The molecule has 6 nitrogen and oxygen atoms in total. The standard InChI is InChI=1S/C16H22N2O4/c1-10(2)14(16(22)17-9-8-13(19)20)18-15(21)12-6-4-11(3)5-7-12/h4-7,10,14H,8-9H2,1-3H3,(H,17,22)(H,18,21)(H,19,20). The van der Waals surface area contributed by atoms with Crippen LogP contribution in [0.1, 0.15) is 36.2 Å². The third-order valence-electron chi connectivity index (χ3n) is 3.19. The van der Waals surface area contributed by atoms with Crippen molar-refractivity contribution in [3.8, 4) is 0 Å². The summed E-state index contributed by atoms with van der Waals surface area (Å²) in [6.07, 6.45) is -0.150. The molecule has 0 heterocycles. The number of benzene rings is 1. The molecular formula is C16H22N2O4. The Kier molecular flexibility index (Phi) is 6.56. The number of rotatable bonds is 7. The fraction of sp³-hybridized carbons (Fsp3) is 0.438. The van der Waals surface area contributed by atoms with E-state index < -0.39 is 12.0 Å². The highest BCUT2D eigenvalue weighted by Gasteiger charge is 2.24. The quantitative estimate of drug-likeness (QED) is 0.708. The molecular weight excluding hydrogens is 284 g/mol. The largest absolute Gasteiger partial charge is 0.481 e. The first-order valence-corrected chi connectivity index (χ1v) is 7.18. The van der Waals surface area contributed by atoms with Gasteiger partial charge in [0.25, 0.3) is 5.91 Å². The maximum absolute atomic E-state index is 12.2. The van der Waals surface area contributed by atoms with Crippen LogP contribution in [0.15, 0.2) is 24.3 Å². The van der Waals surface area contributed by atoms with Crippen molar-refractivity contribution in [1.29, 1.82) is 0 Å². The second-order valence-corrected chi connectivity index (χ2v) is 5.50. The summed E-state index contributed by atoms with van der Waals surface area (Å²) in [5, 5.41) is 13.8. The van der Waals surface area contributed by atoms with Gasteiger partial charge in [0.15, 0.2) is 0 Å². The van der Waals surface area contributed by atoms with Crippen molar-refractivity contribution < 1.29 is 19.5 Å². The van der Waals surface area contributed by atoms with E-state index in [9.17, 15) is 14.4 Å². The molecule has 0 aliphatic carbocycles. The van der Waals surface area contributed by atoms with E-state index in [1.54, 1.807) is 12.1 Å². The summed E-state index contributed by atoms with van der Waals surface area (Å²) in [4.78, 5) is 34.7. The lowest BCUT2D eigenvalue weighted by atomic mass is 10.0. The van der Waals surface area contributed by atoms with Gasteiger partial charge in [-0.05, 0) is 25.0 Å². The molecule has 120 valence electrons. The van der Waals surface area contributed by atoms with Crippen molar-refractivity contribution in [1.82, 2.24) is 10.6 Å². The van der Waals surface area contributed by atoms with E-state index in [0.29, 0.717) is 5.56 Å².